The van der Waals surface area contributed by atoms with Crippen molar-refractivity contribution in [3.63, 3.8) is 0 Å². The number of hydrogen-bond acceptors (Lipinski definition) is 5. The normalized spacial score (nSPS) is 14.0. The van der Waals surface area contributed by atoms with Crippen molar-refractivity contribution in [2.75, 3.05) is 6.61 Å². The van der Waals surface area contributed by atoms with E-state index in [1.54, 1.807) is 0 Å². The second-order valence-electron chi connectivity index (χ2n) is 13.0. The fraction of sp³-hybridized carbons (Fsp3) is 0.846. The molecule has 0 aromatic rings. The summed E-state index contributed by atoms with van der Waals surface area (Å²) < 4.78 is 0. The zero-order valence-corrected chi connectivity index (χ0v) is 29.1. The van der Waals surface area contributed by atoms with Gasteiger partial charge in [-0.2, -0.15) is 0 Å². The SMILES string of the molecule is CCCCC/C=C\C/C=C\CCCCCCCC(=O)C(O)(C(=O)CCCCCCCCCCCCCCCCC)C(O)CO. The monoisotopic (exact) mass is 621 g/mol. The first-order chi connectivity index (χ1) is 21.4. The van der Waals surface area contributed by atoms with Gasteiger partial charge in [-0.1, -0.05) is 160 Å². The van der Waals surface area contributed by atoms with E-state index in [-0.39, 0.29) is 12.8 Å². The Labute approximate surface area is 272 Å². The fourth-order valence-electron chi connectivity index (χ4n) is 5.79. The second kappa shape index (κ2) is 31.7. The average Bonchev–Trinajstić information content (AvgIpc) is 3.03. The number of aliphatic hydroxyl groups excluding tert-OH is 2. The topological polar surface area (TPSA) is 94.8 Å². The predicted molar refractivity (Wildman–Crippen MR) is 187 cm³/mol. The van der Waals surface area contributed by atoms with Gasteiger partial charge in [-0.3, -0.25) is 9.59 Å². The van der Waals surface area contributed by atoms with Gasteiger partial charge < -0.3 is 15.3 Å². The molecule has 2 atom stereocenters. The molecule has 0 aromatic carbocycles. The van der Waals surface area contributed by atoms with Crippen LogP contribution in [-0.4, -0.2) is 45.2 Å². The summed E-state index contributed by atoms with van der Waals surface area (Å²) in [6.07, 6.45) is 37.3. The van der Waals surface area contributed by atoms with Crippen LogP contribution in [0.25, 0.3) is 0 Å². The van der Waals surface area contributed by atoms with Gasteiger partial charge in [0.15, 0.2) is 11.6 Å². The van der Waals surface area contributed by atoms with E-state index in [0.29, 0.717) is 12.8 Å². The highest BCUT2D eigenvalue weighted by atomic mass is 16.4. The molecule has 0 saturated heterocycles. The lowest BCUT2D eigenvalue weighted by atomic mass is 9.82. The van der Waals surface area contributed by atoms with E-state index in [1.165, 1.54) is 96.3 Å². The maximum Gasteiger partial charge on any atom is 0.209 e. The molecule has 0 rings (SSSR count). The standard InChI is InChI=1S/C39H72O5/c1-3-5-7-9-11-13-15-17-19-21-23-25-27-29-31-33-36(41)39(44,38(43)35-40)37(42)34-32-30-28-26-24-22-20-18-16-14-12-10-8-6-4-2/h11,13,17,19,38,40,43-44H,3-10,12,14-16,18,20-35H2,1-2H3/b13-11-,19-17-. The molecule has 0 aliphatic heterocycles. The zero-order chi connectivity index (χ0) is 32.6. The minimum Gasteiger partial charge on any atom is -0.394 e. The number of ketones is 2. The number of carbonyl (C=O) groups excluding carboxylic acids is 2. The largest absolute Gasteiger partial charge is 0.394 e. The summed E-state index contributed by atoms with van der Waals surface area (Å²) >= 11 is 0. The number of rotatable bonds is 34. The molecule has 44 heavy (non-hydrogen) atoms. The van der Waals surface area contributed by atoms with Crippen molar-refractivity contribution >= 4 is 11.6 Å². The molecule has 0 saturated carbocycles. The number of aliphatic hydroxyl groups is 3. The van der Waals surface area contributed by atoms with Crippen LogP contribution >= 0.6 is 0 Å². The minimum atomic E-state index is -2.49. The van der Waals surface area contributed by atoms with Gasteiger partial charge in [0.25, 0.3) is 0 Å². The maximum atomic E-state index is 12.8. The minimum absolute atomic E-state index is 0.0443. The molecule has 0 radical (unpaired) electrons. The summed E-state index contributed by atoms with van der Waals surface area (Å²) in [5.74, 6) is -1.31. The summed E-state index contributed by atoms with van der Waals surface area (Å²) in [5, 5.41) is 30.6. The fourth-order valence-corrected chi connectivity index (χ4v) is 5.79. The second-order valence-corrected chi connectivity index (χ2v) is 13.0. The third kappa shape index (κ3) is 23.1. The summed E-state index contributed by atoms with van der Waals surface area (Å²) in [7, 11) is 0. The molecule has 0 amide bonds. The van der Waals surface area contributed by atoms with Gasteiger partial charge >= 0.3 is 0 Å². The van der Waals surface area contributed by atoms with Crippen LogP contribution in [0.15, 0.2) is 24.3 Å². The summed E-state index contributed by atoms with van der Waals surface area (Å²) in [4.78, 5) is 25.7. The predicted octanol–water partition coefficient (Wildman–Crippen LogP) is 10.3. The van der Waals surface area contributed by atoms with Gasteiger partial charge in [-0.25, -0.2) is 0 Å². The van der Waals surface area contributed by atoms with Crippen molar-refractivity contribution in [3.8, 4) is 0 Å². The molecular formula is C39H72O5. The summed E-state index contributed by atoms with van der Waals surface area (Å²) in [6, 6.07) is 0. The van der Waals surface area contributed by atoms with Crippen molar-refractivity contribution in [2.24, 2.45) is 0 Å². The van der Waals surface area contributed by atoms with Crippen molar-refractivity contribution in [1.29, 1.82) is 0 Å². The van der Waals surface area contributed by atoms with Crippen LogP contribution in [0.3, 0.4) is 0 Å². The van der Waals surface area contributed by atoms with E-state index in [9.17, 15) is 24.9 Å². The number of allylic oxidation sites excluding steroid dienone is 4. The summed E-state index contributed by atoms with van der Waals surface area (Å²) in [6.45, 7) is 3.67. The van der Waals surface area contributed by atoms with Gasteiger partial charge in [0.2, 0.25) is 5.60 Å². The van der Waals surface area contributed by atoms with E-state index in [0.717, 1.165) is 57.8 Å². The first kappa shape index (κ1) is 42.7. The third-order valence-electron chi connectivity index (χ3n) is 8.87. The number of carbonyl (C=O) groups is 2. The first-order valence-electron chi connectivity index (χ1n) is 18.8. The highest BCUT2D eigenvalue weighted by molar-refractivity contribution is 6.10. The van der Waals surface area contributed by atoms with Crippen LogP contribution in [0.5, 0.6) is 0 Å². The smallest absolute Gasteiger partial charge is 0.209 e. The number of Topliss-reactive ketones (excluding diaryl/α,β-unsaturated/α-hetero) is 2. The van der Waals surface area contributed by atoms with E-state index in [2.05, 4.69) is 38.2 Å². The Hall–Kier alpha value is -1.30. The molecule has 2 unspecified atom stereocenters. The lowest BCUT2D eigenvalue weighted by Gasteiger charge is -2.29. The molecule has 0 fully saturated rings. The highest BCUT2D eigenvalue weighted by Gasteiger charge is 2.48. The van der Waals surface area contributed by atoms with Gasteiger partial charge in [0.05, 0.1) is 6.61 Å². The molecule has 3 N–H and O–H groups in total. The quantitative estimate of drug-likeness (QED) is 0.0378. The van der Waals surface area contributed by atoms with Crippen molar-refractivity contribution < 1.29 is 24.9 Å². The van der Waals surface area contributed by atoms with Gasteiger partial charge in [-0.05, 0) is 44.9 Å². The lowest BCUT2D eigenvalue weighted by molar-refractivity contribution is -0.166. The Morgan fingerprint density at radius 1 is 0.523 bits per heavy atom. The van der Waals surface area contributed by atoms with Crippen LogP contribution in [0, 0.1) is 0 Å². The van der Waals surface area contributed by atoms with Crippen molar-refractivity contribution in [1.82, 2.24) is 0 Å². The average molecular weight is 621 g/mol. The Balaban J connectivity index is 4.00. The molecule has 0 aliphatic carbocycles. The Morgan fingerprint density at radius 3 is 1.23 bits per heavy atom. The van der Waals surface area contributed by atoms with Crippen LogP contribution in [-0.2, 0) is 9.59 Å². The van der Waals surface area contributed by atoms with Crippen molar-refractivity contribution in [3.05, 3.63) is 24.3 Å². The molecule has 5 heteroatoms. The summed E-state index contributed by atoms with van der Waals surface area (Å²) in [5.41, 5.74) is -2.49. The first-order valence-corrected chi connectivity index (χ1v) is 18.8. The van der Waals surface area contributed by atoms with E-state index in [4.69, 9.17) is 0 Å². The van der Waals surface area contributed by atoms with E-state index >= 15 is 0 Å². The van der Waals surface area contributed by atoms with Crippen LogP contribution < -0.4 is 0 Å². The van der Waals surface area contributed by atoms with Crippen LogP contribution in [0.1, 0.15) is 194 Å². The molecule has 0 bridgehead atoms. The van der Waals surface area contributed by atoms with Gasteiger partial charge in [-0.15, -0.1) is 0 Å². The van der Waals surface area contributed by atoms with Gasteiger partial charge in [0, 0.05) is 12.8 Å². The van der Waals surface area contributed by atoms with Crippen molar-refractivity contribution in [2.45, 2.75) is 205 Å². The molecule has 0 aromatic heterocycles. The zero-order valence-electron chi connectivity index (χ0n) is 29.1. The third-order valence-corrected chi connectivity index (χ3v) is 8.87. The number of hydrogen-bond donors (Lipinski definition) is 3. The Bertz CT molecular complexity index is 715. The number of unbranched alkanes of at least 4 members (excludes halogenated alkanes) is 22. The van der Waals surface area contributed by atoms with Gasteiger partial charge in [0.1, 0.15) is 6.10 Å². The van der Waals surface area contributed by atoms with E-state index < -0.39 is 29.9 Å². The molecule has 0 spiro atoms. The Morgan fingerprint density at radius 2 is 0.841 bits per heavy atom. The van der Waals surface area contributed by atoms with Crippen LogP contribution in [0.4, 0.5) is 0 Å². The molecule has 0 aliphatic rings. The van der Waals surface area contributed by atoms with Crippen LogP contribution in [0.2, 0.25) is 0 Å². The van der Waals surface area contributed by atoms with E-state index in [1.807, 2.05) is 0 Å². The Kier molecular flexibility index (Phi) is 30.7. The highest BCUT2D eigenvalue weighted by Crippen LogP contribution is 2.22. The molecule has 0 heterocycles. The molecular weight excluding hydrogens is 548 g/mol. The maximum absolute atomic E-state index is 12.8. The molecule has 5 nitrogen and oxygen atoms in total. The lowest BCUT2D eigenvalue weighted by Crippen LogP contribution is -2.57. The molecule has 258 valence electrons.